The van der Waals surface area contributed by atoms with Crippen molar-refractivity contribution in [1.82, 2.24) is 14.5 Å². The molecule has 0 spiro atoms. The molecule has 128 valence electrons. The Hall–Kier alpha value is -2.62. The van der Waals surface area contributed by atoms with Crippen molar-refractivity contribution in [3.8, 4) is 0 Å². The molecular formula is C21H23N3O. The molecule has 4 nitrogen and oxygen atoms in total. The van der Waals surface area contributed by atoms with Crippen LogP contribution in [-0.2, 0) is 11.2 Å². The number of nitrogens with zero attached hydrogens (tertiary/aromatic N) is 3. The molecule has 0 aliphatic carbocycles. The van der Waals surface area contributed by atoms with Gasteiger partial charge in [-0.1, -0.05) is 36.4 Å². The number of aromatic nitrogens is 2. The van der Waals surface area contributed by atoms with Gasteiger partial charge in [-0.15, -0.1) is 0 Å². The minimum atomic E-state index is 0.221. The van der Waals surface area contributed by atoms with E-state index in [-0.39, 0.29) is 5.91 Å². The summed E-state index contributed by atoms with van der Waals surface area (Å²) in [7, 11) is 0. The van der Waals surface area contributed by atoms with Crippen LogP contribution in [0.2, 0.25) is 0 Å². The van der Waals surface area contributed by atoms with Gasteiger partial charge in [0.2, 0.25) is 5.91 Å². The second-order valence-electron chi connectivity index (χ2n) is 6.90. The van der Waals surface area contributed by atoms with Crippen molar-refractivity contribution in [3.05, 3.63) is 65.5 Å². The van der Waals surface area contributed by atoms with Crippen molar-refractivity contribution < 1.29 is 4.79 Å². The number of hydrogen-bond donors (Lipinski definition) is 0. The van der Waals surface area contributed by atoms with Crippen LogP contribution in [0.15, 0.2) is 48.5 Å². The van der Waals surface area contributed by atoms with Crippen LogP contribution in [0.25, 0.3) is 11.0 Å². The number of fused-ring (bicyclic) bond motifs is 1. The molecule has 1 aliphatic rings. The monoisotopic (exact) mass is 333 g/mol. The summed E-state index contributed by atoms with van der Waals surface area (Å²) in [5.41, 5.74) is 4.51. The SMILES string of the molecule is Cc1ccccc1CC(=O)N1CC[C@H](n2c(C)nc3ccccc32)C1. The molecule has 25 heavy (non-hydrogen) atoms. The third kappa shape index (κ3) is 2.93. The van der Waals surface area contributed by atoms with Gasteiger partial charge >= 0.3 is 0 Å². The molecule has 1 saturated heterocycles. The lowest BCUT2D eigenvalue weighted by Gasteiger charge is -2.19. The van der Waals surface area contributed by atoms with Gasteiger partial charge < -0.3 is 9.47 Å². The third-order valence-corrected chi connectivity index (χ3v) is 5.26. The van der Waals surface area contributed by atoms with Gasteiger partial charge in [0.25, 0.3) is 0 Å². The van der Waals surface area contributed by atoms with Crippen LogP contribution in [0.5, 0.6) is 0 Å². The van der Waals surface area contributed by atoms with Gasteiger partial charge in [-0.05, 0) is 43.5 Å². The molecular weight excluding hydrogens is 310 g/mol. The van der Waals surface area contributed by atoms with E-state index in [0.29, 0.717) is 12.5 Å². The minimum Gasteiger partial charge on any atom is -0.340 e. The number of rotatable bonds is 3. The number of aryl methyl sites for hydroxylation is 2. The van der Waals surface area contributed by atoms with E-state index in [1.165, 1.54) is 11.1 Å². The maximum atomic E-state index is 12.7. The number of carbonyl (C=O) groups is 1. The molecule has 1 amide bonds. The fourth-order valence-corrected chi connectivity index (χ4v) is 3.89. The molecule has 1 aliphatic heterocycles. The summed E-state index contributed by atoms with van der Waals surface area (Å²) in [6, 6.07) is 16.7. The van der Waals surface area contributed by atoms with Crippen LogP contribution in [0.4, 0.5) is 0 Å². The minimum absolute atomic E-state index is 0.221. The van der Waals surface area contributed by atoms with Crippen molar-refractivity contribution in [3.63, 3.8) is 0 Å². The number of amides is 1. The second-order valence-corrected chi connectivity index (χ2v) is 6.90. The van der Waals surface area contributed by atoms with E-state index in [1.807, 2.05) is 29.2 Å². The molecule has 0 bridgehead atoms. The van der Waals surface area contributed by atoms with Gasteiger partial charge in [-0.25, -0.2) is 4.98 Å². The van der Waals surface area contributed by atoms with E-state index in [1.54, 1.807) is 0 Å². The van der Waals surface area contributed by atoms with Crippen LogP contribution in [-0.4, -0.2) is 33.4 Å². The normalized spacial score (nSPS) is 17.4. The van der Waals surface area contributed by atoms with E-state index in [0.717, 1.165) is 36.4 Å². The Morgan fingerprint density at radius 1 is 1.12 bits per heavy atom. The number of likely N-dealkylation sites (tertiary alicyclic amines) is 1. The molecule has 0 unspecified atom stereocenters. The highest BCUT2D eigenvalue weighted by molar-refractivity contribution is 5.80. The lowest BCUT2D eigenvalue weighted by atomic mass is 10.1. The van der Waals surface area contributed by atoms with E-state index >= 15 is 0 Å². The third-order valence-electron chi connectivity index (χ3n) is 5.26. The highest BCUT2D eigenvalue weighted by Crippen LogP contribution is 2.28. The predicted octanol–water partition coefficient (Wildman–Crippen LogP) is 3.67. The molecule has 3 aromatic rings. The zero-order valence-electron chi connectivity index (χ0n) is 14.8. The van der Waals surface area contributed by atoms with Crippen molar-refractivity contribution in [2.45, 2.75) is 32.7 Å². The van der Waals surface area contributed by atoms with Gasteiger partial charge in [0, 0.05) is 13.1 Å². The highest BCUT2D eigenvalue weighted by Gasteiger charge is 2.29. The first-order valence-corrected chi connectivity index (χ1v) is 8.89. The van der Waals surface area contributed by atoms with Gasteiger partial charge in [-0.3, -0.25) is 4.79 Å². The molecule has 4 rings (SSSR count). The lowest BCUT2D eigenvalue weighted by molar-refractivity contribution is -0.129. The Morgan fingerprint density at radius 3 is 2.72 bits per heavy atom. The van der Waals surface area contributed by atoms with Crippen molar-refractivity contribution in [2.24, 2.45) is 0 Å². The number of imidazole rings is 1. The largest absolute Gasteiger partial charge is 0.340 e. The molecule has 0 radical (unpaired) electrons. The Morgan fingerprint density at radius 2 is 1.88 bits per heavy atom. The molecule has 0 saturated carbocycles. The summed E-state index contributed by atoms with van der Waals surface area (Å²) < 4.78 is 2.30. The molecule has 2 heterocycles. The van der Waals surface area contributed by atoms with Crippen LogP contribution >= 0.6 is 0 Å². The molecule has 4 heteroatoms. The van der Waals surface area contributed by atoms with Crippen molar-refractivity contribution in [1.29, 1.82) is 0 Å². The summed E-state index contributed by atoms with van der Waals surface area (Å²) in [5.74, 6) is 1.25. The van der Waals surface area contributed by atoms with Gasteiger partial charge in [0.1, 0.15) is 5.82 Å². The first-order chi connectivity index (χ1) is 12.1. The molecule has 2 aromatic carbocycles. The average molecular weight is 333 g/mol. The Bertz CT molecular complexity index is 928. The van der Waals surface area contributed by atoms with Crippen LogP contribution in [0, 0.1) is 13.8 Å². The van der Waals surface area contributed by atoms with Crippen LogP contribution < -0.4 is 0 Å². The van der Waals surface area contributed by atoms with E-state index in [9.17, 15) is 4.79 Å². The molecule has 1 aromatic heterocycles. The predicted molar refractivity (Wildman–Crippen MR) is 99.6 cm³/mol. The molecule has 1 fully saturated rings. The van der Waals surface area contributed by atoms with Crippen LogP contribution in [0.1, 0.15) is 29.4 Å². The maximum Gasteiger partial charge on any atom is 0.227 e. The summed E-state index contributed by atoms with van der Waals surface area (Å²) in [5, 5.41) is 0. The van der Waals surface area contributed by atoms with Crippen molar-refractivity contribution >= 4 is 16.9 Å². The standard InChI is InChI=1S/C21H23N3O/c1-15-7-3-4-8-17(15)13-21(25)23-12-11-18(14-23)24-16(2)22-19-9-5-6-10-20(19)24/h3-10,18H,11-14H2,1-2H3/t18-/m0/s1. The fourth-order valence-electron chi connectivity index (χ4n) is 3.89. The zero-order valence-corrected chi connectivity index (χ0v) is 14.8. The zero-order chi connectivity index (χ0) is 17.4. The summed E-state index contributed by atoms with van der Waals surface area (Å²) in [4.78, 5) is 19.4. The van der Waals surface area contributed by atoms with Crippen molar-refractivity contribution in [2.75, 3.05) is 13.1 Å². The number of hydrogen-bond acceptors (Lipinski definition) is 2. The summed E-state index contributed by atoms with van der Waals surface area (Å²) in [6.45, 7) is 5.71. The van der Waals surface area contributed by atoms with Gasteiger partial charge in [0.05, 0.1) is 23.5 Å². The average Bonchev–Trinajstić information content (AvgIpc) is 3.20. The maximum absolute atomic E-state index is 12.7. The topological polar surface area (TPSA) is 38.1 Å². The molecule has 1 atom stereocenters. The Balaban J connectivity index is 1.52. The van der Waals surface area contributed by atoms with E-state index in [4.69, 9.17) is 0 Å². The van der Waals surface area contributed by atoms with Gasteiger partial charge in [-0.2, -0.15) is 0 Å². The van der Waals surface area contributed by atoms with Crippen LogP contribution in [0.3, 0.4) is 0 Å². The number of para-hydroxylation sites is 2. The Kier molecular flexibility index (Phi) is 4.04. The Labute approximate surface area is 148 Å². The summed E-state index contributed by atoms with van der Waals surface area (Å²) in [6.07, 6.45) is 1.48. The summed E-state index contributed by atoms with van der Waals surface area (Å²) >= 11 is 0. The number of benzene rings is 2. The highest BCUT2D eigenvalue weighted by atomic mass is 16.2. The van der Waals surface area contributed by atoms with E-state index in [2.05, 4.69) is 47.7 Å². The fraction of sp³-hybridized carbons (Fsp3) is 0.333. The lowest BCUT2D eigenvalue weighted by Crippen LogP contribution is -2.30. The first-order valence-electron chi connectivity index (χ1n) is 8.89. The second kappa shape index (κ2) is 6.36. The number of carbonyl (C=O) groups excluding carboxylic acids is 1. The first kappa shape index (κ1) is 15.9. The molecule has 0 N–H and O–H groups in total. The van der Waals surface area contributed by atoms with Gasteiger partial charge in [0.15, 0.2) is 0 Å². The smallest absolute Gasteiger partial charge is 0.227 e. The quantitative estimate of drug-likeness (QED) is 0.733. The van der Waals surface area contributed by atoms with E-state index < -0.39 is 0 Å².